The first-order valence-electron chi connectivity index (χ1n) is 5.88. The molecule has 0 aliphatic rings. The fraction of sp³-hybridized carbons (Fsp3) is 0.917. The molecule has 0 atom stereocenters. The average molecular weight is 263 g/mol. The predicted molar refractivity (Wildman–Crippen MR) is 70.3 cm³/mol. The van der Waals surface area contributed by atoms with Gasteiger partial charge in [-0.1, -0.05) is 34.6 Å². The molecular weight excluding hydrogens is 238 g/mol. The first kappa shape index (κ1) is 16.6. The Balaban J connectivity index is 4.61. The van der Waals surface area contributed by atoms with Gasteiger partial charge in [0.2, 0.25) is 10.0 Å². The molecule has 0 saturated heterocycles. The Labute approximate surface area is 105 Å². The third kappa shape index (κ3) is 8.32. The molecule has 0 heterocycles. The molecule has 0 unspecified atom stereocenters. The maximum absolute atomic E-state index is 11.8. The summed E-state index contributed by atoms with van der Waals surface area (Å²) >= 11 is 0. The maximum Gasteiger partial charge on any atom is 0.211 e. The van der Waals surface area contributed by atoms with E-state index in [0.29, 0.717) is 13.0 Å². The Morgan fingerprint density at radius 2 is 1.71 bits per heavy atom. The third-order valence-electron chi connectivity index (χ3n) is 2.12. The van der Waals surface area contributed by atoms with E-state index in [4.69, 9.17) is 0 Å². The Morgan fingerprint density at radius 3 is 2.00 bits per heavy atom. The molecule has 0 N–H and O–H groups in total. The summed E-state index contributed by atoms with van der Waals surface area (Å²) in [7, 11) is -3.30. The van der Waals surface area contributed by atoms with Gasteiger partial charge in [-0.15, -0.1) is 0 Å². The number of ketones is 1. The van der Waals surface area contributed by atoms with Crippen molar-refractivity contribution in [3.63, 3.8) is 0 Å². The van der Waals surface area contributed by atoms with Gasteiger partial charge >= 0.3 is 0 Å². The first-order valence-corrected chi connectivity index (χ1v) is 7.73. The van der Waals surface area contributed by atoms with E-state index >= 15 is 0 Å². The van der Waals surface area contributed by atoms with Crippen LogP contribution < -0.4 is 0 Å². The quantitative estimate of drug-likeness (QED) is 0.735. The fourth-order valence-corrected chi connectivity index (χ4v) is 2.52. The fourth-order valence-electron chi connectivity index (χ4n) is 1.57. The topological polar surface area (TPSA) is 54.5 Å². The molecule has 0 fully saturated rings. The van der Waals surface area contributed by atoms with Gasteiger partial charge in [0.15, 0.2) is 0 Å². The van der Waals surface area contributed by atoms with Crippen LogP contribution in [0, 0.1) is 11.3 Å². The van der Waals surface area contributed by atoms with Crippen LogP contribution in [0.1, 0.15) is 41.0 Å². The van der Waals surface area contributed by atoms with Crippen LogP contribution in [0.3, 0.4) is 0 Å². The van der Waals surface area contributed by atoms with Crippen LogP contribution in [0.2, 0.25) is 0 Å². The van der Waals surface area contributed by atoms with Crippen LogP contribution in [-0.4, -0.2) is 37.9 Å². The van der Waals surface area contributed by atoms with Gasteiger partial charge in [0, 0.05) is 13.0 Å². The van der Waals surface area contributed by atoms with Gasteiger partial charge in [0.25, 0.3) is 0 Å². The van der Waals surface area contributed by atoms with Crippen LogP contribution >= 0.6 is 0 Å². The van der Waals surface area contributed by atoms with E-state index in [2.05, 4.69) is 0 Å². The highest BCUT2D eigenvalue weighted by Crippen LogP contribution is 2.19. The van der Waals surface area contributed by atoms with Crippen LogP contribution in [0.25, 0.3) is 0 Å². The lowest BCUT2D eigenvalue weighted by atomic mass is 9.90. The molecule has 0 amide bonds. The predicted octanol–water partition coefficient (Wildman–Crippen LogP) is 1.91. The van der Waals surface area contributed by atoms with Crippen molar-refractivity contribution < 1.29 is 13.2 Å². The van der Waals surface area contributed by atoms with Crippen molar-refractivity contribution in [2.24, 2.45) is 11.3 Å². The van der Waals surface area contributed by atoms with Gasteiger partial charge in [-0.05, 0) is 11.3 Å². The van der Waals surface area contributed by atoms with Crippen molar-refractivity contribution in [2.75, 3.05) is 19.3 Å². The SMILES string of the molecule is CC(C)CN(CC(=O)CC(C)(C)C)S(C)(=O)=O. The standard InChI is InChI=1S/C12H25NO3S/c1-10(2)8-13(17(6,15)16)9-11(14)7-12(3,4)5/h10H,7-9H2,1-6H3. The summed E-state index contributed by atoms with van der Waals surface area (Å²) in [6.45, 7) is 10.2. The highest BCUT2D eigenvalue weighted by molar-refractivity contribution is 7.88. The second-order valence-electron chi connectivity index (χ2n) is 6.23. The smallest absolute Gasteiger partial charge is 0.211 e. The normalized spacial score (nSPS) is 13.4. The molecule has 0 aromatic rings. The Morgan fingerprint density at radius 1 is 1.24 bits per heavy atom. The highest BCUT2D eigenvalue weighted by atomic mass is 32.2. The number of nitrogens with zero attached hydrogens (tertiary/aromatic N) is 1. The molecule has 0 spiro atoms. The monoisotopic (exact) mass is 263 g/mol. The zero-order valence-corrected chi connectivity index (χ0v) is 12.6. The van der Waals surface area contributed by atoms with E-state index in [1.165, 1.54) is 4.31 Å². The molecule has 0 rings (SSSR count). The Kier molecular flexibility index (Phi) is 5.81. The number of carbonyl (C=O) groups excluding carboxylic acids is 1. The second kappa shape index (κ2) is 5.96. The number of carbonyl (C=O) groups is 1. The minimum absolute atomic E-state index is 0.00567. The molecular formula is C12H25NO3S. The largest absolute Gasteiger partial charge is 0.298 e. The summed E-state index contributed by atoms with van der Waals surface area (Å²) in [5.41, 5.74) is -0.0991. The lowest BCUT2D eigenvalue weighted by Crippen LogP contribution is -2.38. The lowest BCUT2D eigenvalue weighted by molar-refractivity contribution is -0.121. The zero-order chi connectivity index (χ0) is 13.9. The van der Waals surface area contributed by atoms with E-state index in [9.17, 15) is 13.2 Å². The van der Waals surface area contributed by atoms with E-state index < -0.39 is 10.0 Å². The van der Waals surface area contributed by atoms with Crippen molar-refractivity contribution in [1.29, 1.82) is 0 Å². The maximum atomic E-state index is 11.8. The second-order valence-corrected chi connectivity index (χ2v) is 8.21. The van der Waals surface area contributed by atoms with Crippen LogP contribution in [0.5, 0.6) is 0 Å². The molecule has 0 aromatic carbocycles. The van der Waals surface area contributed by atoms with Gasteiger partial charge in [-0.3, -0.25) is 4.79 Å². The molecule has 17 heavy (non-hydrogen) atoms. The van der Waals surface area contributed by atoms with Gasteiger partial charge in [-0.25, -0.2) is 8.42 Å². The van der Waals surface area contributed by atoms with E-state index in [0.717, 1.165) is 6.26 Å². The van der Waals surface area contributed by atoms with Gasteiger partial charge in [0.1, 0.15) is 5.78 Å². The van der Waals surface area contributed by atoms with Crippen molar-refractivity contribution >= 4 is 15.8 Å². The summed E-state index contributed by atoms with van der Waals surface area (Å²) in [4.78, 5) is 11.8. The number of sulfonamides is 1. The van der Waals surface area contributed by atoms with E-state index in [1.54, 1.807) is 0 Å². The van der Waals surface area contributed by atoms with Crippen molar-refractivity contribution in [2.45, 2.75) is 41.0 Å². The third-order valence-corrected chi connectivity index (χ3v) is 3.33. The molecule has 5 heteroatoms. The first-order chi connectivity index (χ1) is 7.42. The zero-order valence-electron chi connectivity index (χ0n) is 11.8. The Bertz CT molecular complexity index is 352. The molecule has 0 saturated carbocycles. The van der Waals surface area contributed by atoms with E-state index in [1.807, 2.05) is 34.6 Å². The number of rotatable bonds is 6. The van der Waals surface area contributed by atoms with Gasteiger partial charge < -0.3 is 0 Å². The number of Topliss-reactive ketones (excluding diaryl/α,β-unsaturated/α-hetero) is 1. The lowest BCUT2D eigenvalue weighted by Gasteiger charge is -2.23. The molecule has 0 aromatic heterocycles. The molecule has 0 bridgehead atoms. The van der Waals surface area contributed by atoms with Crippen LogP contribution in [0.4, 0.5) is 0 Å². The summed E-state index contributed by atoms with van der Waals surface area (Å²) in [5.74, 6) is 0.190. The minimum atomic E-state index is -3.30. The molecule has 0 radical (unpaired) electrons. The molecule has 0 aliphatic heterocycles. The summed E-state index contributed by atoms with van der Waals surface area (Å²) in [6, 6.07) is 0. The summed E-state index contributed by atoms with van der Waals surface area (Å²) in [5, 5.41) is 0. The number of hydrogen-bond donors (Lipinski definition) is 0. The van der Waals surface area contributed by atoms with Gasteiger partial charge in [-0.2, -0.15) is 4.31 Å². The van der Waals surface area contributed by atoms with Crippen molar-refractivity contribution in [3.8, 4) is 0 Å². The minimum Gasteiger partial charge on any atom is -0.298 e. The molecule has 0 aliphatic carbocycles. The summed E-state index contributed by atoms with van der Waals surface area (Å²) < 4.78 is 24.4. The highest BCUT2D eigenvalue weighted by Gasteiger charge is 2.23. The Hall–Kier alpha value is -0.420. The average Bonchev–Trinajstić information content (AvgIpc) is 1.95. The van der Waals surface area contributed by atoms with E-state index in [-0.39, 0.29) is 23.7 Å². The van der Waals surface area contributed by atoms with Gasteiger partial charge in [0.05, 0.1) is 12.8 Å². The van der Waals surface area contributed by atoms with Crippen molar-refractivity contribution in [1.82, 2.24) is 4.31 Å². The molecule has 4 nitrogen and oxygen atoms in total. The van der Waals surface area contributed by atoms with Crippen LogP contribution in [0.15, 0.2) is 0 Å². The molecule has 102 valence electrons. The van der Waals surface area contributed by atoms with Crippen molar-refractivity contribution in [3.05, 3.63) is 0 Å². The number of hydrogen-bond acceptors (Lipinski definition) is 3. The summed E-state index contributed by atoms with van der Waals surface area (Å²) in [6.07, 6.45) is 1.55. The van der Waals surface area contributed by atoms with Crippen LogP contribution in [-0.2, 0) is 14.8 Å².